The third kappa shape index (κ3) is 5.60. The molecule has 0 radical (unpaired) electrons. The molecule has 0 aliphatic carbocycles. The fourth-order valence-corrected chi connectivity index (χ4v) is 2.98. The Bertz CT molecular complexity index is 979. The number of halogens is 3. The Balaban J connectivity index is 1.64. The van der Waals surface area contributed by atoms with E-state index in [1.54, 1.807) is 24.3 Å². The molecule has 3 aromatic rings. The van der Waals surface area contributed by atoms with Gasteiger partial charge in [0.15, 0.2) is 0 Å². The van der Waals surface area contributed by atoms with Crippen LogP contribution in [0, 0.1) is 0 Å². The van der Waals surface area contributed by atoms with Crippen molar-refractivity contribution in [3.63, 3.8) is 0 Å². The second kappa shape index (κ2) is 8.82. The molecule has 1 N–H and O–H groups in total. The van der Waals surface area contributed by atoms with E-state index in [9.17, 15) is 18.0 Å². The normalized spacial score (nSPS) is 11.2. The average Bonchev–Trinajstić information content (AvgIpc) is 3.15. The fraction of sp³-hybridized carbons (Fsp3) is 0.176. The van der Waals surface area contributed by atoms with Crippen LogP contribution in [-0.4, -0.2) is 45.3 Å². The van der Waals surface area contributed by atoms with E-state index < -0.39 is 6.36 Å². The van der Waals surface area contributed by atoms with E-state index in [1.165, 1.54) is 23.9 Å². The van der Waals surface area contributed by atoms with E-state index >= 15 is 0 Å². The van der Waals surface area contributed by atoms with Gasteiger partial charge in [0, 0.05) is 0 Å². The first kappa shape index (κ1) is 20.5. The number of nitrogens with zero attached hydrogens (tertiary/aromatic N) is 4. The number of hydrogen-bond donors (Lipinski definition) is 1. The molecule has 3 rings (SSSR count). The van der Waals surface area contributed by atoms with Crippen LogP contribution < -0.4 is 14.8 Å². The molecule has 0 saturated carbocycles. The molecule has 29 heavy (non-hydrogen) atoms. The van der Waals surface area contributed by atoms with E-state index in [0.29, 0.717) is 22.3 Å². The maximum Gasteiger partial charge on any atom is 0.573 e. The van der Waals surface area contributed by atoms with Crippen LogP contribution in [-0.2, 0) is 4.79 Å². The van der Waals surface area contributed by atoms with Gasteiger partial charge >= 0.3 is 6.36 Å². The summed E-state index contributed by atoms with van der Waals surface area (Å²) in [6, 6.07) is 12.0. The molecular weight excluding hydrogens is 411 g/mol. The topological polar surface area (TPSA) is 91.2 Å². The highest BCUT2D eigenvalue weighted by molar-refractivity contribution is 7.99. The average molecular weight is 425 g/mol. The van der Waals surface area contributed by atoms with Crippen LogP contribution in [0.4, 0.5) is 18.9 Å². The quantitative estimate of drug-likeness (QED) is 0.581. The number of amides is 1. The number of carbonyl (C=O) groups excluding carboxylic acids is 1. The number of rotatable bonds is 7. The Morgan fingerprint density at radius 3 is 2.59 bits per heavy atom. The van der Waals surface area contributed by atoms with Crippen molar-refractivity contribution in [1.82, 2.24) is 20.2 Å². The molecule has 0 spiro atoms. The second-order valence-corrected chi connectivity index (χ2v) is 6.39. The summed E-state index contributed by atoms with van der Waals surface area (Å²) in [4.78, 5) is 12.2. The van der Waals surface area contributed by atoms with E-state index in [-0.39, 0.29) is 17.4 Å². The lowest BCUT2D eigenvalue weighted by atomic mass is 10.3. The number of para-hydroxylation sites is 2. The van der Waals surface area contributed by atoms with Crippen LogP contribution >= 0.6 is 11.8 Å². The van der Waals surface area contributed by atoms with Crippen LogP contribution in [0.15, 0.2) is 53.7 Å². The molecule has 0 saturated heterocycles. The van der Waals surface area contributed by atoms with Crippen molar-refractivity contribution in [2.75, 3.05) is 18.2 Å². The van der Waals surface area contributed by atoms with Gasteiger partial charge in [-0.25, -0.2) is 0 Å². The van der Waals surface area contributed by atoms with Crippen molar-refractivity contribution in [3.05, 3.63) is 48.5 Å². The van der Waals surface area contributed by atoms with Crippen molar-refractivity contribution >= 4 is 23.4 Å². The minimum atomic E-state index is -4.77. The Morgan fingerprint density at radius 2 is 1.90 bits per heavy atom. The van der Waals surface area contributed by atoms with Gasteiger partial charge in [0.25, 0.3) is 0 Å². The Labute approximate surface area is 167 Å². The lowest BCUT2D eigenvalue weighted by Gasteiger charge is -2.10. The highest BCUT2D eigenvalue weighted by atomic mass is 32.2. The summed E-state index contributed by atoms with van der Waals surface area (Å²) in [6.45, 7) is 0. The number of nitrogens with one attached hydrogen (secondary N) is 1. The number of carbonyl (C=O) groups is 1. The first-order valence-corrected chi connectivity index (χ1v) is 9.04. The first-order chi connectivity index (χ1) is 13.9. The monoisotopic (exact) mass is 425 g/mol. The van der Waals surface area contributed by atoms with Gasteiger partial charge in [0.1, 0.15) is 11.5 Å². The molecule has 2 aromatic carbocycles. The van der Waals surface area contributed by atoms with Crippen LogP contribution in [0.25, 0.3) is 5.69 Å². The van der Waals surface area contributed by atoms with Crippen molar-refractivity contribution in [2.24, 2.45) is 0 Å². The summed E-state index contributed by atoms with van der Waals surface area (Å²) >= 11 is 1.07. The number of alkyl halides is 3. The molecule has 0 aliphatic heterocycles. The van der Waals surface area contributed by atoms with Crippen molar-refractivity contribution in [2.45, 2.75) is 11.5 Å². The van der Waals surface area contributed by atoms with Crippen LogP contribution in [0.5, 0.6) is 11.5 Å². The molecule has 12 heteroatoms. The zero-order chi connectivity index (χ0) is 20.9. The van der Waals surface area contributed by atoms with E-state index in [0.717, 1.165) is 23.9 Å². The number of methoxy groups -OCH3 is 1. The largest absolute Gasteiger partial charge is 0.573 e. The number of thioether (sulfide) groups is 1. The van der Waals surface area contributed by atoms with Crippen molar-refractivity contribution < 1.29 is 27.4 Å². The van der Waals surface area contributed by atoms with E-state index in [4.69, 9.17) is 4.74 Å². The minimum absolute atomic E-state index is 0.00763. The number of benzene rings is 2. The van der Waals surface area contributed by atoms with Gasteiger partial charge in [-0.15, -0.1) is 18.3 Å². The Morgan fingerprint density at radius 1 is 1.17 bits per heavy atom. The SMILES string of the molecule is COc1ccccc1NC(=O)CSc1nnnn1-c1ccc(OC(F)(F)F)cc1. The summed E-state index contributed by atoms with van der Waals surface area (Å²) < 4.78 is 47.1. The maximum atomic E-state index is 12.3. The number of tetrazole rings is 1. The lowest BCUT2D eigenvalue weighted by Crippen LogP contribution is -2.17. The van der Waals surface area contributed by atoms with Crippen LogP contribution in [0.2, 0.25) is 0 Å². The van der Waals surface area contributed by atoms with Crippen LogP contribution in [0.1, 0.15) is 0 Å². The summed E-state index contributed by atoms with van der Waals surface area (Å²) in [6.07, 6.45) is -4.77. The highest BCUT2D eigenvalue weighted by Gasteiger charge is 2.31. The first-order valence-electron chi connectivity index (χ1n) is 8.06. The van der Waals surface area contributed by atoms with Gasteiger partial charge in [-0.3, -0.25) is 4.79 Å². The smallest absolute Gasteiger partial charge is 0.495 e. The third-order valence-electron chi connectivity index (χ3n) is 3.47. The summed E-state index contributed by atoms with van der Waals surface area (Å²) in [7, 11) is 1.50. The molecule has 1 heterocycles. The van der Waals surface area contributed by atoms with Gasteiger partial charge in [0.2, 0.25) is 11.1 Å². The number of aromatic nitrogens is 4. The van der Waals surface area contributed by atoms with Gasteiger partial charge in [-0.1, -0.05) is 23.9 Å². The Hall–Kier alpha value is -3.28. The van der Waals surface area contributed by atoms with Crippen molar-refractivity contribution in [3.8, 4) is 17.2 Å². The summed E-state index contributed by atoms with van der Waals surface area (Å²) in [5.74, 6) is -0.132. The molecular formula is C17H14F3N5O3S. The van der Waals surface area contributed by atoms with Crippen molar-refractivity contribution in [1.29, 1.82) is 0 Å². The molecule has 0 aliphatic rings. The molecule has 0 bridgehead atoms. The predicted molar refractivity (Wildman–Crippen MR) is 98.2 cm³/mol. The van der Waals surface area contributed by atoms with E-state index in [1.807, 2.05) is 0 Å². The second-order valence-electron chi connectivity index (χ2n) is 5.45. The number of hydrogen-bond acceptors (Lipinski definition) is 7. The maximum absolute atomic E-state index is 12.3. The molecule has 1 amide bonds. The summed E-state index contributed by atoms with van der Waals surface area (Å²) in [5.41, 5.74) is 0.942. The standard InChI is InChI=1S/C17H14F3N5O3S/c1-27-14-5-3-2-4-13(14)21-15(26)10-29-16-22-23-24-25(16)11-6-8-12(9-7-11)28-17(18,19)20/h2-9H,10H2,1H3,(H,21,26). The lowest BCUT2D eigenvalue weighted by molar-refractivity contribution is -0.274. The van der Waals surface area contributed by atoms with Gasteiger partial charge < -0.3 is 14.8 Å². The number of anilines is 1. The highest BCUT2D eigenvalue weighted by Crippen LogP contribution is 2.26. The zero-order valence-electron chi connectivity index (χ0n) is 14.9. The minimum Gasteiger partial charge on any atom is -0.495 e. The van der Waals surface area contributed by atoms with Crippen LogP contribution in [0.3, 0.4) is 0 Å². The summed E-state index contributed by atoms with van der Waals surface area (Å²) in [5, 5.41) is 14.2. The molecule has 1 aromatic heterocycles. The number of ether oxygens (including phenoxy) is 2. The van der Waals surface area contributed by atoms with Gasteiger partial charge in [0.05, 0.1) is 24.2 Å². The molecule has 152 valence electrons. The van der Waals surface area contributed by atoms with E-state index in [2.05, 4.69) is 25.6 Å². The van der Waals surface area contributed by atoms with Gasteiger partial charge in [-0.2, -0.15) is 4.68 Å². The van der Waals surface area contributed by atoms with Gasteiger partial charge in [-0.05, 0) is 46.8 Å². The Kier molecular flexibility index (Phi) is 6.22. The third-order valence-corrected chi connectivity index (χ3v) is 4.39. The fourth-order valence-electron chi connectivity index (χ4n) is 2.28. The molecule has 0 unspecified atom stereocenters. The molecule has 8 nitrogen and oxygen atoms in total. The predicted octanol–water partition coefficient (Wildman–Crippen LogP) is 3.30. The molecule has 0 fully saturated rings. The zero-order valence-corrected chi connectivity index (χ0v) is 15.7. The molecule has 0 atom stereocenters.